The lowest BCUT2D eigenvalue weighted by molar-refractivity contribution is 1.04. The molecule has 13 heavy (non-hydrogen) atoms. The molecule has 0 aromatic carbocycles. The first-order chi connectivity index (χ1) is 6.18. The maximum Gasteiger partial charge on any atom is 0.297 e. The van der Waals surface area contributed by atoms with Gasteiger partial charge in [-0.1, -0.05) is 0 Å². The van der Waals surface area contributed by atoms with Crippen LogP contribution in [-0.2, 0) is 0 Å². The molecule has 0 unspecified atom stereocenters. The van der Waals surface area contributed by atoms with Crippen LogP contribution in [0.5, 0.6) is 0 Å². The van der Waals surface area contributed by atoms with Crippen LogP contribution in [-0.4, -0.2) is 19.9 Å². The van der Waals surface area contributed by atoms with Crippen molar-refractivity contribution in [2.75, 3.05) is 0 Å². The molecule has 6 nitrogen and oxygen atoms in total. The number of nitrogens with one attached hydrogen (secondary N) is 2. The van der Waals surface area contributed by atoms with E-state index in [0.29, 0.717) is 0 Å². The van der Waals surface area contributed by atoms with Crippen molar-refractivity contribution in [3.63, 3.8) is 0 Å². The molecule has 0 bridgehead atoms. The summed E-state index contributed by atoms with van der Waals surface area (Å²) in [5, 5.41) is 0. The summed E-state index contributed by atoms with van der Waals surface area (Å²) in [7, 11) is 0. The van der Waals surface area contributed by atoms with Gasteiger partial charge in [0.15, 0.2) is 5.52 Å². The SMILES string of the molecule is Cc1nc(=O)c2[nH]cnc2c(=O)[nH]1.[HH].[HH]. The van der Waals surface area contributed by atoms with Crippen molar-refractivity contribution in [3.05, 3.63) is 32.9 Å². The molecule has 0 aliphatic carbocycles. The van der Waals surface area contributed by atoms with Crippen molar-refractivity contribution < 1.29 is 2.85 Å². The van der Waals surface area contributed by atoms with Crippen LogP contribution in [0.1, 0.15) is 8.68 Å². The van der Waals surface area contributed by atoms with Crippen LogP contribution in [0.15, 0.2) is 15.9 Å². The number of imidazole rings is 1. The van der Waals surface area contributed by atoms with E-state index in [0.717, 1.165) is 0 Å². The van der Waals surface area contributed by atoms with Gasteiger partial charge in [0.05, 0.1) is 6.33 Å². The molecule has 0 saturated heterocycles. The van der Waals surface area contributed by atoms with Gasteiger partial charge in [-0.15, -0.1) is 0 Å². The Labute approximate surface area is 74.6 Å². The summed E-state index contributed by atoms with van der Waals surface area (Å²) in [5.74, 6) is 0.279. The molecular formula is C7H10N4O2. The number of fused-ring (bicyclic) bond motifs is 1. The molecule has 2 heterocycles. The number of rotatable bonds is 0. The normalized spacial score (nSPS) is 10.5. The quantitative estimate of drug-likeness (QED) is 0.590. The topological polar surface area (TPSA) is 91.5 Å². The Morgan fingerprint density at radius 1 is 1.46 bits per heavy atom. The molecule has 2 aromatic heterocycles. The highest BCUT2D eigenvalue weighted by Crippen LogP contribution is 1.92. The second-order valence-electron chi connectivity index (χ2n) is 2.58. The molecule has 0 aliphatic rings. The molecule has 0 atom stereocenters. The van der Waals surface area contributed by atoms with Crippen LogP contribution in [0.4, 0.5) is 0 Å². The van der Waals surface area contributed by atoms with Crippen molar-refractivity contribution in [2.45, 2.75) is 6.92 Å². The van der Waals surface area contributed by atoms with E-state index in [1.54, 1.807) is 6.92 Å². The second kappa shape index (κ2) is 2.51. The van der Waals surface area contributed by atoms with Gasteiger partial charge in [0.25, 0.3) is 11.1 Å². The van der Waals surface area contributed by atoms with Gasteiger partial charge in [-0.05, 0) is 6.92 Å². The minimum Gasteiger partial charge on any atom is -0.340 e. The monoisotopic (exact) mass is 182 g/mol. The van der Waals surface area contributed by atoms with Crippen molar-refractivity contribution in [1.29, 1.82) is 0 Å². The number of H-pyrrole nitrogens is 2. The number of aromatic amines is 2. The van der Waals surface area contributed by atoms with Gasteiger partial charge in [-0.3, -0.25) is 9.59 Å². The molecular weight excluding hydrogens is 172 g/mol. The average molecular weight is 182 g/mol. The first-order valence-corrected chi connectivity index (χ1v) is 3.63. The molecule has 0 amide bonds. The van der Waals surface area contributed by atoms with E-state index in [9.17, 15) is 9.59 Å². The molecule has 0 saturated carbocycles. The molecule has 0 spiro atoms. The van der Waals surface area contributed by atoms with Crippen LogP contribution in [0.2, 0.25) is 0 Å². The lowest BCUT2D eigenvalue weighted by Crippen LogP contribution is -2.03. The third kappa shape index (κ3) is 1.12. The standard InChI is InChI=1S/C7H6N4O2.2H2/c1-3-10-6(12)4-5(7(13)11-3)9-2-8-4;;/h2H,1H3,(H,8,9)(H,10,11,12,13);2*1H. The fourth-order valence-corrected chi connectivity index (χ4v) is 1.09. The van der Waals surface area contributed by atoms with Crippen molar-refractivity contribution in [2.24, 2.45) is 0 Å². The maximum atomic E-state index is 11.3. The van der Waals surface area contributed by atoms with Crippen molar-refractivity contribution in [3.8, 4) is 0 Å². The molecule has 0 aliphatic heterocycles. The Kier molecular flexibility index (Phi) is 1.48. The summed E-state index contributed by atoms with van der Waals surface area (Å²) in [5.41, 5.74) is -0.674. The van der Waals surface area contributed by atoms with Gasteiger partial charge >= 0.3 is 0 Å². The molecule has 0 fully saturated rings. The zero-order valence-corrected chi connectivity index (χ0v) is 6.79. The minimum atomic E-state index is -0.483. The van der Waals surface area contributed by atoms with E-state index in [1.165, 1.54) is 6.33 Å². The predicted molar refractivity (Wildman–Crippen MR) is 49.7 cm³/mol. The summed E-state index contributed by atoms with van der Waals surface area (Å²) < 4.78 is 0. The zero-order valence-electron chi connectivity index (χ0n) is 6.79. The molecule has 0 radical (unpaired) electrons. The largest absolute Gasteiger partial charge is 0.340 e. The summed E-state index contributed by atoms with van der Waals surface area (Å²) in [6.45, 7) is 1.54. The Bertz CT molecular complexity index is 529. The van der Waals surface area contributed by atoms with Gasteiger partial charge < -0.3 is 9.97 Å². The second-order valence-corrected chi connectivity index (χ2v) is 2.58. The van der Waals surface area contributed by atoms with E-state index in [2.05, 4.69) is 19.9 Å². The van der Waals surface area contributed by atoms with E-state index in [4.69, 9.17) is 0 Å². The summed E-state index contributed by atoms with van der Waals surface area (Å²) in [4.78, 5) is 34.9. The van der Waals surface area contributed by atoms with Gasteiger partial charge in [0, 0.05) is 2.85 Å². The van der Waals surface area contributed by atoms with E-state index in [1.807, 2.05) is 0 Å². The van der Waals surface area contributed by atoms with Gasteiger partial charge in [-0.25, -0.2) is 4.98 Å². The van der Waals surface area contributed by atoms with E-state index < -0.39 is 11.1 Å². The van der Waals surface area contributed by atoms with Crippen molar-refractivity contribution in [1.82, 2.24) is 19.9 Å². The predicted octanol–water partition coefficient (Wildman–Crippen LogP) is -0.193. The summed E-state index contributed by atoms with van der Waals surface area (Å²) in [6.07, 6.45) is 1.29. The average Bonchev–Trinajstić information content (AvgIpc) is 2.47. The van der Waals surface area contributed by atoms with Gasteiger partial charge in [-0.2, -0.15) is 4.98 Å². The fourth-order valence-electron chi connectivity index (χ4n) is 1.09. The third-order valence-electron chi connectivity index (χ3n) is 1.63. The lowest BCUT2D eigenvalue weighted by atomic mass is 10.5. The molecule has 6 heteroatoms. The fraction of sp³-hybridized carbons (Fsp3) is 0.143. The highest BCUT2D eigenvalue weighted by molar-refractivity contribution is 5.71. The Hall–Kier alpha value is -1.98. The lowest BCUT2D eigenvalue weighted by Gasteiger charge is -1.76. The van der Waals surface area contributed by atoms with Crippen LogP contribution in [0.3, 0.4) is 0 Å². The Morgan fingerprint density at radius 3 is 3.00 bits per heavy atom. The zero-order chi connectivity index (χ0) is 9.42. The van der Waals surface area contributed by atoms with Gasteiger partial charge in [0.1, 0.15) is 11.3 Å². The third-order valence-corrected chi connectivity index (χ3v) is 1.63. The van der Waals surface area contributed by atoms with E-state index in [-0.39, 0.29) is 19.7 Å². The molecule has 2 aromatic rings. The highest BCUT2D eigenvalue weighted by Gasteiger charge is 2.03. The summed E-state index contributed by atoms with van der Waals surface area (Å²) >= 11 is 0. The Balaban J connectivity index is 0.000000980. The van der Waals surface area contributed by atoms with Crippen LogP contribution in [0, 0.1) is 6.92 Å². The molecule has 2 N–H and O–H groups in total. The number of hydrogen-bond acceptors (Lipinski definition) is 4. The first kappa shape index (κ1) is 7.66. The number of aryl methyl sites for hydroxylation is 1. The number of aromatic nitrogens is 4. The molecule has 2 rings (SSSR count). The smallest absolute Gasteiger partial charge is 0.297 e. The summed E-state index contributed by atoms with van der Waals surface area (Å²) in [6, 6.07) is 0. The van der Waals surface area contributed by atoms with Crippen LogP contribution < -0.4 is 11.1 Å². The minimum absolute atomic E-state index is 0. The number of nitrogens with zero attached hydrogens (tertiary/aromatic N) is 2. The van der Waals surface area contributed by atoms with E-state index >= 15 is 0 Å². The Morgan fingerprint density at radius 2 is 2.23 bits per heavy atom. The maximum absolute atomic E-state index is 11.3. The highest BCUT2D eigenvalue weighted by atomic mass is 16.1. The molecule has 70 valence electrons. The van der Waals surface area contributed by atoms with Crippen molar-refractivity contribution >= 4 is 11.0 Å². The number of hydrogen-bond donors (Lipinski definition) is 2. The first-order valence-electron chi connectivity index (χ1n) is 3.63. The van der Waals surface area contributed by atoms with Gasteiger partial charge in [0.2, 0.25) is 0 Å². The van der Waals surface area contributed by atoms with Crippen LogP contribution in [0.25, 0.3) is 11.0 Å². The van der Waals surface area contributed by atoms with Crippen LogP contribution >= 0.6 is 0 Å².